The molecule has 0 aliphatic heterocycles. The van der Waals surface area contributed by atoms with Crippen LogP contribution in [0.15, 0.2) is 0 Å². The lowest BCUT2D eigenvalue weighted by molar-refractivity contribution is -0.143. The summed E-state index contributed by atoms with van der Waals surface area (Å²) in [7, 11) is -0.674. The van der Waals surface area contributed by atoms with Gasteiger partial charge in [0.2, 0.25) is 0 Å². The highest BCUT2D eigenvalue weighted by molar-refractivity contribution is 7.84. The smallest absolute Gasteiger partial charge is 0.305 e. The second-order valence-corrected chi connectivity index (χ2v) is 6.34. The van der Waals surface area contributed by atoms with Gasteiger partial charge < -0.3 is 4.74 Å². The van der Waals surface area contributed by atoms with Gasteiger partial charge in [0.1, 0.15) is 0 Å². The maximum Gasteiger partial charge on any atom is 0.305 e. The Labute approximate surface area is 108 Å². The Morgan fingerprint density at radius 2 is 1.88 bits per heavy atom. The fourth-order valence-corrected chi connectivity index (χ4v) is 2.88. The van der Waals surface area contributed by atoms with Gasteiger partial charge in [0.25, 0.3) is 0 Å². The topological polar surface area (TPSA) is 43.4 Å². The van der Waals surface area contributed by atoms with E-state index in [-0.39, 0.29) is 5.97 Å². The SMILES string of the molecule is CCOC(=O)CCCCCS(=O)CCC(C)C. The minimum absolute atomic E-state index is 0.117. The highest BCUT2D eigenvalue weighted by atomic mass is 32.2. The van der Waals surface area contributed by atoms with Crippen LogP contribution in [0.25, 0.3) is 0 Å². The predicted octanol–water partition coefficient (Wildman–Crippen LogP) is 2.90. The maximum atomic E-state index is 11.6. The number of hydrogen-bond donors (Lipinski definition) is 0. The van der Waals surface area contributed by atoms with Crippen LogP contribution in [-0.4, -0.2) is 28.3 Å². The molecule has 0 rings (SSSR count). The molecule has 102 valence electrons. The zero-order valence-corrected chi connectivity index (χ0v) is 12.2. The van der Waals surface area contributed by atoms with Crippen LogP contribution in [0.5, 0.6) is 0 Å². The molecule has 1 atom stereocenters. The number of ether oxygens (including phenoxy) is 1. The summed E-state index contributed by atoms with van der Waals surface area (Å²) in [4.78, 5) is 11.0. The summed E-state index contributed by atoms with van der Waals surface area (Å²) >= 11 is 0. The molecule has 0 spiro atoms. The van der Waals surface area contributed by atoms with E-state index in [0.29, 0.717) is 18.9 Å². The molecule has 0 N–H and O–H groups in total. The van der Waals surface area contributed by atoms with Crippen molar-refractivity contribution in [3.05, 3.63) is 0 Å². The van der Waals surface area contributed by atoms with Crippen molar-refractivity contribution in [2.24, 2.45) is 5.92 Å². The standard InChI is InChI=1S/C13H26O3S/c1-4-16-13(14)8-6-5-7-10-17(15)11-9-12(2)3/h12H,4-11H2,1-3H3. The number of rotatable bonds is 10. The third kappa shape index (κ3) is 11.9. The monoisotopic (exact) mass is 262 g/mol. The van der Waals surface area contributed by atoms with Gasteiger partial charge in [-0.3, -0.25) is 9.00 Å². The minimum atomic E-state index is -0.674. The molecule has 0 fully saturated rings. The highest BCUT2D eigenvalue weighted by Crippen LogP contribution is 2.05. The van der Waals surface area contributed by atoms with Crippen LogP contribution in [0.2, 0.25) is 0 Å². The molecule has 0 saturated heterocycles. The van der Waals surface area contributed by atoms with E-state index in [4.69, 9.17) is 4.74 Å². The number of unbranched alkanes of at least 4 members (excludes halogenated alkanes) is 2. The number of carbonyl (C=O) groups excluding carboxylic acids is 1. The second kappa shape index (κ2) is 10.8. The van der Waals surface area contributed by atoms with Gasteiger partial charge in [-0.1, -0.05) is 20.3 Å². The number of hydrogen-bond acceptors (Lipinski definition) is 3. The van der Waals surface area contributed by atoms with E-state index >= 15 is 0 Å². The molecule has 17 heavy (non-hydrogen) atoms. The summed E-state index contributed by atoms with van der Waals surface area (Å²) in [5.74, 6) is 2.10. The largest absolute Gasteiger partial charge is 0.466 e. The van der Waals surface area contributed by atoms with Gasteiger partial charge in [0.15, 0.2) is 0 Å². The first-order chi connectivity index (χ1) is 8.06. The minimum Gasteiger partial charge on any atom is -0.466 e. The van der Waals surface area contributed by atoms with E-state index in [9.17, 15) is 9.00 Å². The van der Waals surface area contributed by atoms with E-state index in [2.05, 4.69) is 13.8 Å². The molecule has 1 unspecified atom stereocenters. The molecular formula is C13H26O3S. The molecule has 0 aromatic rings. The van der Waals surface area contributed by atoms with E-state index in [1.54, 1.807) is 0 Å². The van der Waals surface area contributed by atoms with Crippen LogP contribution in [-0.2, 0) is 20.3 Å². The van der Waals surface area contributed by atoms with Gasteiger partial charge in [0, 0.05) is 28.7 Å². The molecule has 0 aliphatic rings. The third-order valence-electron chi connectivity index (χ3n) is 2.48. The van der Waals surface area contributed by atoms with Crippen molar-refractivity contribution in [3.63, 3.8) is 0 Å². The van der Waals surface area contributed by atoms with Gasteiger partial charge in [-0.25, -0.2) is 0 Å². The van der Waals surface area contributed by atoms with Crippen molar-refractivity contribution >= 4 is 16.8 Å². The lowest BCUT2D eigenvalue weighted by Gasteiger charge is -2.05. The molecule has 0 heterocycles. The summed E-state index contributed by atoms with van der Waals surface area (Å²) in [6.07, 6.45) is 4.29. The molecule has 0 aliphatic carbocycles. The van der Waals surface area contributed by atoms with Crippen molar-refractivity contribution in [2.75, 3.05) is 18.1 Å². The average molecular weight is 262 g/mol. The quantitative estimate of drug-likeness (QED) is 0.449. The van der Waals surface area contributed by atoms with Crippen molar-refractivity contribution in [2.45, 2.75) is 52.9 Å². The maximum absolute atomic E-state index is 11.6. The van der Waals surface area contributed by atoms with Crippen LogP contribution >= 0.6 is 0 Å². The van der Waals surface area contributed by atoms with E-state index in [0.717, 1.165) is 37.2 Å². The van der Waals surface area contributed by atoms with Crippen molar-refractivity contribution in [3.8, 4) is 0 Å². The van der Waals surface area contributed by atoms with Gasteiger partial charge in [0.05, 0.1) is 6.61 Å². The molecule has 4 heteroatoms. The highest BCUT2D eigenvalue weighted by Gasteiger charge is 2.04. The van der Waals surface area contributed by atoms with E-state index in [1.807, 2.05) is 6.92 Å². The predicted molar refractivity (Wildman–Crippen MR) is 72.4 cm³/mol. The normalized spacial score (nSPS) is 12.7. The Kier molecular flexibility index (Phi) is 10.5. The van der Waals surface area contributed by atoms with Crippen molar-refractivity contribution < 1.29 is 13.7 Å². The van der Waals surface area contributed by atoms with Gasteiger partial charge in [-0.15, -0.1) is 0 Å². The first-order valence-corrected chi connectivity index (χ1v) is 8.05. The summed E-state index contributed by atoms with van der Waals surface area (Å²) < 4.78 is 16.4. The van der Waals surface area contributed by atoms with Crippen LogP contribution in [0.1, 0.15) is 52.9 Å². The first kappa shape index (κ1) is 16.6. The Morgan fingerprint density at radius 3 is 2.47 bits per heavy atom. The van der Waals surface area contributed by atoms with Crippen LogP contribution in [0.4, 0.5) is 0 Å². The van der Waals surface area contributed by atoms with Gasteiger partial charge in [-0.2, -0.15) is 0 Å². The Hall–Kier alpha value is -0.380. The molecule has 0 amide bonds. The Bertz CT molecular complexity index is 227. The summed E-state index contributed by atoms with van der Waals surface area (Å²) in [6.45, 7) is 6.57. The third-order valence-corrected chi connectivity index (χ3v) is 3.92. The number of carbonyl (C=O) groups is 1. The molecule has 0 bridgehead atoms. The molecule has 0 saturated carbocycles. The van der Waals surface area contributed by atoms with Crippen LogP contribution < -0.4 is 0 Å². The summed E-state index contributed by atoms with van der Waals surface area (Å²) in [5, 5.41) is 0. The molecule has 3 nitrogen and oxygen atoms in total. The Morgan fingerprint density at radius 1 is 1.18 bits per heavy atom. The van der Waals surface area contributed by atoms with E-state index in [1.165, 1.54) is 0 Å². The van der Waals surface area contributed by atoms with Crippen molar-refractivity contribution in [1.82, 2.24) is 0 Å². The second-order valence-electron chi connectivity index (χ2n) is 4.65. The van der Waals surface area contributed by atoms with Crippen LogP contribution in [0, 0.1) is 5.92 Å². The zero-order valence-electron chi connectivity index (χ0n) is 11.4. The molecular weight excluding hydrogens is 236 g/mol. The summed E-state index contributed by atoms with van der Waals surface area (Å²) in [5.41, 5.74) is 0. The lowest BCUT2D eigenvalue weighted by atomic mass is 10.2. The first-order valence-electron chi connectivity index (χ1n) is 6.56. The van der Waals surface area contributed by atoms with E-state index < -0.39 is 10.8 Å². The molecule has 0 radical (unpaired) electrons. The zero-order chi connectivity index (χ0) is 13.1. The summed E-state index contributed by atoms with van der Waals surface area (Å²) in [6, 6.07) is 0. The van der Waals surface area contributed by atoms with Gasteiger partial charge in [-0.05, 0) is 32.1 Å². The number of esters is 1. The fraction of sp³-hybridized carbons (Fsp3) is 0.923. The fourth-order valence-electron chi connectivity index (χ4n) is 1.41. The van der Waals surface area contributed by atoms with Crippen molar-refractivity contribution in [1.29, 1.82) is 0 Å². The average Bonchev–Trinajstić information content (AvgIpc) is 2.26. The molecule has 0 aromatic heterocycles. The molecule has 0 aromatic carbocycles. The van der Waals surface area contributed by atoms with Gasteiger partial charge >= 0.3 is 5.97 Å². The Balaban J connectivity index is 3.33. The lowest BCUT2D eigenvalue weighted by Crippen LogP contribution is -2.06. The van der Waals surface area contributed by atoms with Crippen LogP contribution in [0.3, 0.4) is 0 Å².